The van der Waals surface area contributed by atoms with Gasteiger partial charge in [-0.05, 0) is 134 Å². The van der Waals surface area contributed by atoms with E-state index in [1.165, 1.54) is 39.9 Å². The summed E-state index contributed by atoms with van der Waals surface area (Å²) in [5.41, 5.74) is 17.3. The highest BCUT2D eigenvalue weighted by atomic mass is 35.5. The Morgan fingerprint density at radius 2 is 0.408 bits per heavy atom. The first-order chi connectivity index (χ1) is 49.0. The fraction of sp³-hybridized carbons (Fsp3) is 0.239. The number of nitrogens with zero attached hydrogens (tertiary/aromatic N) is 1. The molecule has 0 heterocycles. The van der Waals surface area contributed by atoms with Crippen molar-refractivity contribution in [2.75, 3.05) is 0 Å². The normalized spacial score (nSPS) is 13.0. The van der Waals surface area contributed by atoms with Gasteiger partial charge in [-0.25, -0.2) is 0 Å². The number of non-ortho nitro benzene ring substituents is 1. The monoisotopic (exact) mass is 1430 g/mol. The lowest BCUT2D eigenvalue weighted by Gasteiger charge is -2.23. The van der Waals surface area contributed by atoms with Gasteiger partial charge in [-0.3, -0.25) is 10.1 Å². The number of benzene rings is 10. The Labute approximate surface area is 626 Å². The van der Waals surface area contributed by atoms with Crippen molar-refractivity contribution in [3.05, 3.63) is 357 Å². The predicted molar refractivity (Wildman–Crippen MR) is 428 cm³/mol. The minimum absolute atomic E-state index is 0. The van der Waals surface area contributed by atoms with E-state index in [1.807, 2.05) is 198 Å². The number of hydrogen-bond acceptors (Lipinski definition) is 7. The fourth-order valence-electron chi connectivity index (χ4n) is 11.8. The molecule has 5 N–H and O–H groups in total. The smallest absolute Gasteiger partial charge is 0.269 e. The SMILES string of the molecule is C.C#CCC(O)C(c1ccc(C)cc1)c1ccc(C)cc1.C#CCC(O)C(c1ccc(C)cc1)c1ccc(Cl)cc1.C#CCC(O)C(c1ccc(C)cc1)c1ccc(Cl)cc1.C#CCC(O)C(c1ccc(C)cc1)c1ccc(Cl)cc1.C#CCC(O)C(c1ccc(C)cc1)c1ccc([N+](=O)[O-])cc1. The number of rotatable bonds is 21. The summed E-state index contributed by atoms with van der Waals surface area (Å²) in [6, 6.07) is 77.7. The van der Waals surface area contributed by atoms with Gasteiger partial charge >= 0.3 is 0 Å². The molecule has 9 unspecified atom stereocenters. The molecular formula is C92H92Cl3NO7. The van der Waals surface area contributed by atoms with Gasteiger partial charge in [-0.2, -0.15) is 0 Å². The zero-order chi connectivity index (χ0) is 74.3. The maximum absolute atomic E-state index is 10.8. The van der Waals surface area contributed by atoms with Crippen molar-refractivity contribution in [3.63, 3.8) is 0 Å². The number of hydrogen-bond donors (Lipinski definition) is 5. The summed E-state index contributed by atoms with van der Waals surface area (Å²) in [6.45, 7) is 12.2. The van der Waals surface area contributed by atoms with Gasteiger partial charge in [0, 0.05) is 88.9 Å². The van der Waals surface area contributed by atoms with Gasteiger partial charge in [0.25, 0.3) is 5.69 Å². The lowest BCUT2D eigenvalue weighted by Crippen LogP contribution is -2.19. The summed E-state index contributed by atoms with van der Waals surface area (Å²) in [5, 5.41) is 64.7. The van der Waals surface area contributed by atoms with Gasteiger partial charge in [0.05, 0.1) is 35.4 Å². The molecule has 103 heavy (non-hydrogen) atoms. The van der Waals surface area contributed by atoms with Crippen LogP contribution >= 0.6 is 34.8 Å². The van der Waals surface area contributed by atoms with E-state index in [0.717, 1.165) is 61.2 Å². The number of nitro groups is 1. The molecule has 10 aromatic carbocycles. The second-order valence-electron chi connectivity index (χ2n) is 25.2. The molecule has 0 aliphatic rings. The second-order valence-corrected chi connectivity index (χ2v) is 26.5. The highest BCUT2D eigenvalue weighted by Gasteiger charge is 2.27. The summed E-state index contributed by atoms with van der Waals surface area (Å²) in [7, 11) is 0. The molecule has 0 saturated heterocycles. The first-order valence-corrected chi connectivity index (χ1v) is 34.6. The molecule has 528 valence electrons. The Bertz CT molecular complexity index is 3760. The largest absolute Gasteiger partial charge is 0.391 e. The summed E-state index contributed by atoms with van der Waals surface area (Å²) >= 11 is 17.8. The van der Waals surface area contributed by atoms with Crippen LogP contribution in [0.2, 0.25) is 15.1 Å². The quantitative estimate of drug-likeness (QED) is 0.0274. The van der Waals surface area contributed by atoms with Crippen molar-refractivity contribution in [3.8, 4) is 61.7 Å². The Morgan fingerprint density at radius 1 is 0.282 bits per heavy atom. The first kappa shape index (κ1) is 83.7. The van der Waals surface area contributed by atoms with Gasteiger partial charge in [-0.1, -0.05) is 270 Å². The van der Waals surface area contributed by atoms with Crippen LogP contribution in [0.15, 0.2) is 243 Å². The van der Waals surface area contributed by atoms with Crippen molar-refractivity contribution >= 4 is 40.5 Å². The van der Waals surface area contributed by atoms with E-state index < -0.39 is 35.4 Å². The molecule has 0 saturated carbocycles. The van der Waals surface area contributed by atoms with Gasteiger partial charge in [0.2, 0.25) is 0 Å². The molecule has 0 spiro atoms. The van der Waals surface area contributed by atoms with Crippen LogP contribution in [0.1, 0.15) is 158 Å². The molecule has 9 atom stereocenters. The predicted octanol–water partition coefficient (Wildman–Crippen LogP) is 20.4. The average Bonchev–Trinajstić information content (AvgIpc) is 0.849. The lowest BCUT2D eigenvalue weighted by molar-refractivity contribution is -0.384. The van der Waals surface area contributed by atoms with E-state index in [1.54, 1.807) is 12.1 Å². The molecule has 11 heteroatoms. The van der Waals surface area contributed by atoms with Crippen LogP contribution in [0, 0.1) is 113 Å². The van der Waals surface area contributed by atoms with Crippen LogP contribution in [-0.2, 0) is 0 Å². The molecule has 0 radical (unpaired) electrons. The van der Waals surface area contributed by atoms with Gasteiger partial charge in [-0.15, -0.1) is 61.7 Å². The standard InChI is InChI=1S/C19H20O.3C18H17ClO.C18H17NO3.CH4/c1-4-5-18(20)19(16-10-6-14(2)7-11-16)17-12-8-15(3)9-13-17;3*1-3-4-17(20)18(14-7-5-13(2)6-8-14)15-9-11-16(19)12-10-15;1-3-4-17(20)18(14-7-5-13(2)6-8-14)15-9-11-16(12-10-15)19(21)22;/h1,6-13,18-20H,5H2,2-3H3;3*1,5-12,17-18,20H,4H2,2H3;1,5-12,17-18,20H,4H2,2H3;1H4. The van der Waals surface area contributed by atoms with E-state index >= 15 is 0 Å². The van der Waals surface area contributed by atoms with Crippen LogP contribution in [-0.4, -0.2) is 61.0 Å². The summed E-state index contributed by atoms with van der Waals surface area (Å²) in [5.74, 6) is 11.8. The molecule has 8 nitrogen and oxygen atoms in total. The van der Waals surface area contributed by atoms with Crippen LogP contribution in [0.25, 0.3) is 0 Å². The number of aryl methyl sites for hydroxylation is 6. The number of nitro benzene ring substituents is 1. The van der Waals surface area contributed by atoms with Crippen LogP contribution < -0.4 is 0 Å². The third-order valence-electron chi connectivity index (χ3n) is 17.3. The highest BCUT2D eigenvalue weighted by Crippen LogP contribution is 2.36. The van der Waals surface area contributed by atoms with E-state index in [2.05, 4.69) is 92.0 Å². The fourth-order valence-corrected chi connectivity index (χ4v) is 12.2. The summed E-state index contributed by atoms with van der Waals surface area (Å²) in [6.07, 6.45) is 25.1. The van der Waals surface area contributed by atoms with Crippen LogP contribution in [0.5, 0.6) is 0 Å². The molecule has 0 aliphatic heterocycles. The highest BCUT2D eigenvalue weighted by molar-refractivity contribution is 6.31. The van der Waals surface area contributed by atoms with Crippen molar-refractivity contribution in [2.45, 2.75) is 141 Å². The van der Waals surface area contributed by atoms with Crippen LogP contribution in [0.4, 0.5) is 5.69 Å². The summed E-state index contributed by atoms with van der Waals surface area (Å²) in [4.78, 5) is 10.3. The molecule has 10 rings (SSSR count). The Morgan fingerprint density at radius 3 is 0.534 bits per heavy atom. The number of aliphatic hydroxyl groups excluding tert-OH is 5. The molecular weight excluding hydrogens is 1340 g/mol. The number of aliphatic hydroxyl groups is 5. The van der Waals surface area contributed by atoms with Crippen molar-refractivity contribution in [1.82, 2.24) is 0 Å². The van der Waals surface area contributed by atoms with Gasteiger partial charge < -0.3 is 25.5 Å². The molecule has 10 aromatic rings. The molecule has 0 aliphatic carbocycles. The lowest BCUT2D eigenvalue weighted by atomic mass is 9.85. The minimum Gasteiger partial charge on any atom is -0.391 e. The summed E-state index contributed by atoms with van der Waals surface area (Å²) < 4.78 is 0. The Hall–Kier alpha value is -9.93. The van der Waals surface area contributed by atoms with Crippen molar-refractivity contribution in [1.29, 1.82) is 0 Å². The van der Waals surface area contributed by atoms with Crippen molar-refractivity contribution < 1.29 is 30.5 Å². The third-order valence-corrected chi connectivity index (χ3v) is 18.1. The maximum atomic E-state index is 10.8. The zero-order valence-corrected chi connectivity index (χ0v) is 60.7. The minimum atomic E-state index is -0.742. The molecule has 0 bridgehead atoms. The average molecular weight is 1430 g/mol. The molecule has 0 amide bonds. The Kier molecular flexibility index (Phi) is 35.1. The van der Waals surface area contributed by atoms with E-state index in [0.29, 0.717) is 40.8 Å². The first-order valence-electron chi connectivity index (χ1n) is 33.5. The van der Waals surface area contributed by atoms with Gasteiger partial charge in [0.1, 0.15) is 0 Å². The topological polar surface area (TPSA) is 144 Å². The van der Waals surface area contributed by atoms with E-state index in [4.69, 9.17) is 66.9 Å². The van der Waals surface area contributed by atoms with Crippen LogP contribution in [0.3, 0.4) is 0 Å². The third kappa shape index (κ3) is 26.1. The Balaban J connectivity index is 0.000000231. The van der Waals surface area contributed by atoms with Crippen molar-refractivity contribution in [2.24, 2.45) is 0 Å². The molecule has 0 fully saturated rings. The molecule has 0 aromatic heterocycles. The zero-order valence-electron chi connectivity index (χ0n) is 58.4. The maximum Gasteiger partial charge on any atom is 0.269 e. The number of halogens is 3. The van der Waals surface area contributed by atoms with Gasteiger partial charge in [0.15, 0.2) is 0 Å². The second kappa shape index (κ2) is 43.1. The number of terminal acetylenes is 5. The van der Waals surface area contributed by atoms with E-state index in [9.17, 15) is 35.6 Å². The van der Waals surface area contributed by atoms with E-state index in [-0.39, 0.29) is 49.1 Å².